The third-order valence-corrected chi connectivity index (χ3v) is 8.68. The standard InChI is InChI=1S/C39H34N2O2/c1-38(2,3)26-12-14-28-33(21-26)41-34-22-27(39(4,5)6)13-15-29(34)37(43)31-19-25(18-30(35(31)41)36(28)42)24-16-17-40-32(20-24)23-10-8-7-9-11-23/h7-22H,1-6H3. The van der Waals surface area contributed by atoms with E-state index in [-0.39, 0.29) is 21.7 Å². The van der Waals surface area contributed by atoms with Crippen molar-refractivity contribution in [2.45, 2.75) is 52.4 Å². The van der Waals surface area contributed by atoms with Crippen molar-refractivity contribution in [3.8, 4) is 22.4 Å². The fraction of sp³-hybridized carbons (Fsp3) is 0.205. The molecule has 0 unspecified atom stereocenters. The van der Waals surface area contributed by atoms with E-state index in [0.717, 1.165) is 44.5 Å². The first-order valence-electron chi connectivity index (χ1n) is 14.8. The highest BCUT2D eigenvalue weighted by atomic mass is 16.1. The molecule has 3 aromatic heterocycles. The maximum Gasteiger partial charge on any atom is 0.197 e. The molecule has 0 atom stereocenters. The summed E-state index contributed by atoms with van der Waals surface area (Å²) in [6.07, 6.45) is 1.78. The highest BCUT2D eigenvalue weighted by Gasteiger charge is 2.23. The molecule has 0 amide bonds. The van der Waals surface area contributed by atoms with Crippen LogP contribution in [0.15, 0.2) is 107 Å². The number of benzene rings is 4. The van der Waals surface area contributed by atoms with Gasteiger partial charge in [0.25, 0.3) is 0 Å². The first kappa shape index (κ1) is 27.0. The number of hydrogen-bond acceptors (Lipinski definition) is 3. The summed E-state index contributed by atoms with van der Waals surface area (Å²) in [5, 5.41) is 2.37. The third-order valence-electron chi connectivity index (χ3n) is 8.68. The van der Waals surface area contributed by atoms with Crippen LogP contribution in [0.1, 0.15) is 52.7 Å². The van der Waals surface area contributed by atoms with E-state index in [4.69, 9.17) is 0 Å². The fourth-order valence-electron chi connectivity index (χ4n) is 6.18. The molecule has 0 bridgehead atoms. The minimum Gasteiger partial charge on any atom is -0.307 e. The van der Waals surface area contributed by atoms with E-state index in [1.165, 1.54) is 0 Å². The van der Waals surface area contributed by atoms with Crippen molar-refractivity contribution in [3.05, 3.63) is 129 Å². The van der Waals surface area contributed by atoms with Crippen molar-refractivity contribution >= 4 is 38.1 Å². The molecule has 0 N–H and O–H groups in total. The Balaban J connectivity index is 1.65. The van der Waals surface area contributed by atoms with Crippen LogP contribution in [0.3, 0.4) is 0 Å². The molecule has 0 fully saturated rings. The summed E-state index contributed by atoms with van der Waals surface area (Å²) in [5.41, 5.74) is 7.83. The number of nitrogens with zero attached hydrogens (tertiary/aromatic N) is 2. The average Bonchev–Trinajstić information content (AvgIpc) is 2.99. The fourth-order valence-corrected chi connectivity index (χ4v) is 6.18. The molecule has 0 spiro atoms. The van der Waals surface area contributed by atoms with Gasteiger partial charge in [0.15, 0.2) is 10.9 Å². The lowest BCUT2D eigenvalue weighted by Gasteiger charge is -2.23. The molecule has 4 aromatic carbocycles. The Morgan fingerprint density at radius 2 is 1.07 bits per heavy atom. The summed E-state index contributed by atoms with van der Waals surface area (Å²) in [6.45, 7) is 13.1. The van der Waals surface area contributed by atoms with Crippen molar-refractivity contribution in [2.24, 2.45) is 0 Å². The van der Waals surface area contributed by atoms with Gasteiger partial charge in [0.05, 0.1) is 22.2 Å². The lowest BCUT2D eigenvalue weighted by molar-refractivity contribution is 0.591. The van der Waals surface area contributed by atoms with Crippen LogP contribution in [0.4, 0.5) is 0 Å². The van der Waals surface area contributed by atoms with Gasteiger partial charge in [-0.25, -0.2) is 0 Å². The molecule has 7 aromatic rings. The summed E-state index contributed by atoms with van der Waals surface area (Å²) in [5.74, 6) is 0. The molecule has 0 saturated heterocycles. The lowest BCUT2D eigenvalue weighted by atomic mass is 9.85. The molecule has 0 aliphatic rings. The topological polar surface area (TPSA) is 51.4 Å². The van der Waals surface area contributed by atoms with Crippen LogP contribution in [0, 0.1) is 0 Å². The quantitative estimate of drug-likeness (QED) is 0.156. The van der Waals surface area contributed by atoms with Crippen LogP contribution >= 0.6 is 0 Å². The first-order chi connectivity index (χ1) is 20.4. The molecule has 212 valence electrons. The highest BCUT2D eigenvalue weighted by molar-refractivity contribution is 6.09. The van der Waals surface area contributed by atoms with E-state index in [9.17, 15) is 9.59 Å². The third kappa shape index (κ3) is 4.32. The van der Waals surface area contributed by atoms with Gasteiger partial charge >= 0.3 is 0 Å². The molecular weight excluding hydrogens is 528 g/mol. The smallest absolute Gasteiger partial charge is 0.197 e. The SMILES string of the molecule is CC(C)(C)c1ccc2c(=O)c3cc(-c4ccnc(-c5ccccc5)c4)cc4c(=O)c5ccc(C(C)(C)C)cc5n(c2c1)c34. The lowest BCUT2D eigenvalue weighted by Crippen LogP contribution is -2.17. The Hall–Kier alpha value is -4.83. The molecule has 0 aliphatic carbocycles. The van der Waals surface area contributed by atoms with Gasteiger partial charge in [-0.3, -0.25) is 14.6 Å². The second-order valence-electron chi connectivity index (χ2n) is 13.7. The normalized spacial score (nSPS) is 12.6. The summed E-state index contributed by atoms with van der Waals surface area (Å²) >= 11 is 0. The molecule has 7 rings (SSSR count). The van der Waals surface area contributed by atoms with Crippen molar-refractivity contribution in [1.29, 1.82) is 0 Å². The Bertz CT molecular complexity index is 2220. The molecule has 43 heavy (non-hydrogen) atoms. The van der Waals surface area contributed by atoms with Gasteiger partial charge in [-0.1, -0.05) is 84.0 Å². The monoisotopic (exact) mass is 562 g/mol. The number of pyridine rings is 3. The first-order valence-corrected chi connectivity index (χ1v) is 14.8. The summed E-state index contributed by atoms with van der Waals surface area (Å²) in [6, 6.07) is 30.2. The van der Waals surface area contributed by atoms with Crippen LogP contribution in [0.25, 0.3) is 60.5 Å². The number of hydrogen-bond donors (Lipinski definition) is 0. The highest BCUT2D eigenvalue weighted by Crippen LogP contribution is 2.35. The predicted molar refractivity (Wildman–Crippen MR) is 180 cm³/mol. The molecule has 0 saturated carbocycles. The number of rotatable bonds is 2. The second kappa shape index (κ2) is 9.34. The zero-order valence-corrected chi connectivity index (χ0v) is 25.4. The summed E-state index contributed by atoms with van der Waals surface area (Å²) < 4.78 is 2.16. The van der Waals surface area contributed by atoms with Gasteiger partial charge in [0, 0.05) is 33.3 Å². The van der Waals surface area contributed by atoms with Crippen LogP contribution < -0.4 is 10.9 Å². The van der Waals surface area contributed by atoms with Gasteiger partial charge in [-0.15, -0.1) is 0 Å². The molecule has 4 nitrogen and oxygen atoms in total. The van der Waals surface area contributed by atoms with Crippen LogP contribution in [0.5, 0.6) is 0 Å². The Kier molecular flexibility index (Phi) is 5.87. The molecule has 0 aliphatic heterocycles. The van der Waals surface area contributed by atoms with Gasteiger partial charge in [0.2, 0.25) is 0 Å². The Morgan fingerprint density at radius 3 is 1.58 bits per heavy atom. The Labute approximate surface area is 250 Å². The van der Waals surface area contributed by atoms with E-state index in [2.05, 4.69) is 75.2 Å². The van der Waals surface area contributed by atoms with Crippen LogP contribution in [-0.4, -0.2) is 9.38 Å². The number of aromatic nitrogens is 2. The van der Waals surface area contributed by atoms with E-state index in [0.29, 0.717) is 27.1 Å². The number of fused-ring (bicyclic) bond motifs is 4. The van der Waals surface area contributed by atoms with Gasteiger partial charge in [-0.05, 0) is 81.6 Å². The van der Waals surface area contributed by atoms with E-state index in [1.807, 2.05) is 66.7 Å². The molecule has 4 heteroatoms. The van der Waals surface area contributed by atoms with Crippen LogP contribution in [-0.2, 0) is 10.8 Å². The average molecular weight is 563 g/mol. The molecular formula is C39H34N2O2. The van der Waals surface area contributed by atoms with Gasteiger partial charge < -0.3 is 4.40 Å². The minimum absolute atomic E-state index is 0.0645. The van der Waals surface area contributed by atoms with Gasteiger partial charge in [-0.2, -0.15) is 0 Å². The van der Waals surface area contributed by atoms with Gasteiger partial charge in [0.1, 0.15) is 0 Å². The minimum atomic E-state index is -0.107. The zero-order chi connectivity index (χ0) is 30.3. The van der Waals surface area contributed by atoms with Crippen molar-refractivity contribution < 1.29 is 0 Å². The molecule has 0 radical (unpaired) electrons. The summed E-state index contributed by atoms with van der Waals surface area (Å²) in [7, 11) is 0. The molecule has 3 heterocycles. The maximum absolute atomic E-state index is 14.3. The Morgan fingerprint density at radius 1 is 0.535 bits per heavy atom. The zero-order valence-electron chi connectivity index (χ0n) is 25.4. The van der Waals surface area contributed by atoms with Crippen molar-refractivity contribution in [1.82, 2.24) is 9.38 Å². The maximum atomic E-state index is 14.3. The summed E-state index contributed by atoms with van der Waals surface area (Å²) in [4.78, 5) is 33.1. The largest absolute Gasteiger partial charge is 0.307 e. The van der Waals surface area contributed by atoms with Crippen molar-refractivity contribution in [2.75, 3.05) is 0 Å². The van der Waals surface area contributed by atoms with E-state index >= 15 is 0 Å². The van der Waals surface area contributed by atoms with Crippen molar-refractivity contribution in [3.63, 3.8) is 0 Å². The predicted octanol–water partition coefficient (Wildman–Crippen LogP) is 8.88. The van der Waals surface area contributed by atoms with E-state index < -0.39 is 0 Å². The van der Waals surface area contributed by atoms with Crippen LogP contribution in [0.2, 0.25) is 0 Å². The van der Waals surface area contributed by atoms with E-state index in [1.54, 1.807) is 6.20 Å². The second-order valence-corrected chi connectivity index (χ2v) is 13.7.